The van der Waals surface area contributed by atoms with Gasteiger partial charge in [0, 0.05) is 17.8 Å². The number of carbonyl (C=O) groups is 2. The number of amides is 1. The minimum atomic E-state index is -0.668. The molecule has 4 aromatic rings. The van der Waals surface area contributed by atoms with Gasteiger partial charge in [0.1, 0.15) is 29.6 Å². The number of rotatable bonds is 12. The number of oxazole rings is 1. The Kier molecular flexibility index (Phi) is 9.80. The largest absolute Gasteiger partial charge is 0.497 e. The minimum Gasteiger partial charge on any atom is -0.497 e. The van der Waals surface area contributed by atoms with E-state index in [2.05, 4.69) is 11.9 Å². The lowest BCUT2D eigenvalue weighted by Gasteiger charge is -2.21. The Morgan fingerprint density at radius 1 is 0.950 bits per heavy atom. The van der Waals surface area contributed by atoms with Gasteiger partial charge in [-0.2, -0.15) is 0 Å². The number of methoxy groups -OCH3 is 1. The quantitative estimate of drug-likeness (QED) is 0.187. The van der Waals surface area contributed by atoms with E-state index in [0.29, 0.717) is 36.2 Å². The van der Waals surface area contributed by atoms with Crippen LogP contribution in [-0.2, 0) is 22.5 Å². The Balaban J connectivity index is 1.34. The number of benzene rings is 2. The van der Waals surface area contributed by atoms with Crippen LogP contribution in [-0.4, -0.2) is 48.8 Å². The van der Waals surface area contributed by atoms with Gasteiger partial charge in [0.2, 0.25) is 5.89 Å². The zero-order valence-electron chi connectivity index (χ0n) is 23.0. The molecule has 0 aliphatic rings. The maximum atomic E-state index is 12.9. The average molecular weight is 565 g/mol. The van der Waals surface area contributed by atoms with Crippen LogP contribution in [0.1, 0.15) is 28.8 Å². The molecular formula is C30H32N2O7S. The van der Waals surface area contributed by atoms with E-state index in [9.17, 15) is 9.59 Å². The molecule has 2 aromatic heterocycles. The molecule has 1 amide bonds. The van der Waals surface area contributed by atoms with Gasteiger partial charge in [0.05, 0.1) is 30.9 Å². The van der Waals surface area contributed by atoms with Crippen molar-refractivity contribution in [3.05, 3.63) is 82.6 Å². The first-order valence-electron chi connectivity index (χ1n) is 12.9. The Morgan fingerprint density at radius 2 is 1.65 bits per heavy atom. The molecule has 2 aromatic carbocycles. The highest BCUT2D eigenvalue weighted by Gasteiger charge is 2.21. The molecule has 210 valence electrons. The fraction of sp³-hybridized carbons (Fsp3) is 0.300. The van der Waals surface area contributed by atoms with Crippen LogP contribution in [0.15, 0.2) is 65.1 Å². The maximum absolute atomic E-state index is 12.9. The van der Waals surface area contributed by atoms with Gasteiger partial charge in [0.15, 0.2) is 0 Å². The number of thiophene rings is 1. The van der Waals surface area contributed by atoms with E-state index in [1.165, 1.54) is 9.78 Å². The van der Waals surface area contributed by atoms with Crippen LogP contribution >= 0.6 is 11.3 Å². The van der Waals surface area contributed by atoms with E-state index >= 15 is 0 Å². The molecule has 40 heavy (non-hydrogen) atoms. The maximum Gasteiger partial charge on any atom is 0.416 e. The number of carbonyl (C=O) groups excluding carboxylic acids is 2. The van der Waals surface area contributed by atoms with Crippen molar-refractivity contribution >= 4 is 23.4 Å². The van der Waals surface area contributed by atoms with Crippen molar-refractivity contribution in [2.24, 2.45) is 0 Å². The summed E-state index contributed by atoms with van der Waals surface area (Å²) in [4.78, 5) is 33.2. The molecule has 9 nitrogen and oxygen atoms in total. The summed E-state index contributed by atoms with van der Waals surface area (Å²) in [6, 6.07) is 18.0. The van der Waals surface area contributed by atoms with E-state index in [0.717, 1.165) is 21.9 Å². The van der Waals surface area contributed by atoms with Gasteiger partial charge in [-0.3, -0.25) is 9.69 Å². The third-order valence-corrected chi connectivity index (χ3v) is 6.88. The Labute approximate surface area is 237 Å². The smallest absolute Gasteiger partial charge is 0.416 e. The first kappa shape index (κ1) is 28.7. The van der Waals surface area contributed by atoms with Crippen molar-refractivity contribution in [2.45, 2.75) is 33.7 Å². The number of nitrogens with zero attached hydrogens (tertiary/aromatic N) is 2. The van der Waals surface area contributed by atoms with Gasteiger partial charge in [0.25, 0.3) is 0 Å². The van der Waals surface area contributed by atoms with Crippen molar-refractivity contribution in [3.63, 3.8) is 0 Å². The van der Waals surface area contributed by atoms with Crippen molar-refractivity contribution in [3.8, 4) is 28.0 Å². The van der Waals surface area contributed by atoms with Gasteiger partial charge in [-0.05, 0) is 74.9 Å². The molecule has 0 unspecified atom stereocenters. The van der Waals surface area contributed by atoms with Crippen LogP contribution < -0.4 is 14.2 Å². The van der Waals surface area contributed by atoms with Gasteiger partial charge in [-0.1, -0.05) is 12.1 Å². The first-order chi connectivity index (χ1) is 19.3. The molecule has 0 aliphatic heterocycles. The van der Waals surface area contributed by atoms with Crippen LogP contribution in [0, 0.1) is 13.8 Å². The summed E-state index contributed by atoms with van der Waals surface area (Å²) in [5.41, 5.74) is 1.66. The molecule has 10 heteroatoms. The lowest BCUT2D eigenvalue weighted by molar-refractivity contribution is -0.144. The van der Waals surface area contributed by atoms with Gasteiger partial charge < -0.3 is 23.4 Å². The second-order valence-corrected chi connectivity index (χ2v) is 10.2. The van der Waals surface area contributed by atoms with E-state index in [1.807, 2.05) is 43.3 Å². The molecule has 0 saturated heterocycles. The van der Waals surface area contributed by atoms with E-state index in [-0.39, 0.29) is 19.7 Å². The van der Waals surface area contributed by atoms with Crippen LogP contribution in [0.4, 0.5) is 4.79 Å². The molecule has 0 saturated carbocycles. The molecule has 4 rings (SSSR count). The fourth-order valence-corrected chi connectivity index (χ4v) is 4.64. The highest BCUT2D eigenvalue weighted by Crippen LogP contribution is 2.28. The molecule has 2 heterocycles. The first-order valence-corrected chi connectivity index (χ1v) is 13.7. The number of esters is 1. The van der Waals surface area contributed by atoms with Gasteiger partial charge >= 0.3 is 12.1 Å². The molecular weight excluding hydrogens is 532 g/mol. The van der Waals surface area contributed by atoms with E-state index < -0.39 is 12.1 Å². The summed E-state index contributed by atoms with van der Waals surface area (Å²) in [6.07, 6.45) is -0.0648. The Morgan fingerprint density at radius 3 is 2.30 bits per heavy atom. The van der Waals surface area contributed by atoms with Crippen molar-refractivity contribution in [1.82, 2.24) is 9.88 Å². The zero-order valence-corrected chi connectivity index (χ0v) is 23.8. The number of aryl methyl sites for hydroxylation is 2. The highest BCUT2D eigenvalue weighted by atomic mass is 32.1. The predicted octanol–water partition coefficient (Wildman–Crippen LogP) is 6.21. The summed E-state index contributed by atoms with van der Waals surface area (Å²) < 4.78 is 27.4. The normalized spacial score (nSPS) is 10.7. The Hall–Kier alpha value is -4.31. The second kappa shape index (κ2) is 13.7. The number of aromatic nitrogens is 1. The number of hydrogen-bond acceptors (Lipinski definition) is 9. The molecule has 0 N–H and O–H groups in total. The third-order valence-electron chi connectivity index (χ3n) is 5.90. The van der Waals surface area contributed by atoms with E-state index in [1.54, 1.807) is 49.6 Å². The molecule has 0 aliphatic carbocycles. The minimum absolute atomic E-state index is 0.150. The number of ether oxygens (including phenoxy) is 4. The fourth-order valence-electron chi connectivity index (χ4n) is 3.85. The molecule has 0 bridgehead atoms. The van der Waals surface area contributed by atoms with Crippen molar-refractivity contribution in [1.29, 1.82) is 0 Å². The number of hydrogen-bond donors (Lipinski definition) is 0. The lowest BCUT2D eigenvalue weighted by Crippen LogP contribution is -2.38. The molecule has 0 fully saturated rings. The zero-order chi connectivity index (χ0) is 28.5. The standard InChI is InChI=1S/C30H32N2O7S/c1-5-36-28(33)19-32(30(34)39-25-13-11-23(35-4)12-14-25)18-22-7-9-24(10-8-22)37-17-16-26-21(3)38-29(31-26)27-15-6-20(2)40-27/h6-15H,5,16-19H2,1-4H3. The monoisotopic (exact) mass is 564 g/mol. The molecule has 0 radical (unpaired) electrons. The summed E-state index contributed by atoms with van der Waals surface area (Å²) in [5, 5.41) is 0. The van der Waals surface area contributed by atoms with Crippen LogP contribution in [0.3, 0.4) is 0 Å². The van der Waals surface area contributed by atoms with Gasteiger partial charge in [-0.25, -0.2) is 9.78 Å². The van der Waals surface area contributed by atoms with Crippen LogP contribution in [0.25, 0.3) is 10.8 Å². The third kappa shape index (κ3) is 7.86. The summed E-state index contributed by atoms with van der Waals surface area (Å²) in [5.74, 6) is 2.55. The highest BCUT2D eigenvalue weighted by molar-refractivity contribution is 7.15. The van der Waals surface area contributed by atoms with Gasteiger partial charge in [-0.15, -0.1) is 11.3 Å². The summed E-state index contributed by atoms with van der Waals surface area (Å²) in [7, 11) is 1.55. The summed E-state index contributed by atoms with van der Waals surface area (Å²) >= 11 is 1.65. The predicted molar refractivity (Wildman–Crippen MR) is 151 cm³/mol. The lowest BCUT2D eigenvalue weighted by atomic mass is 10.2. The van der Waals surface area contributed by atoms with Crippen LogP contribution in [0.5, 0.6) is 17.2 Å². The van der Waals surface area contributed by atoms with E-state index in [4.69, 9.17) is 23.4 Å². The topological polar surface area (TPSA) is 100 Å². The average Bonchev–Trinajstić information content (AvgIpc) is 3.55. The molecule has 0 atom stereocenters. The van der Waals surface area contributed by atoms with Crippen LogP contribution in [0.2, 0.25) is 0 Å². The SMILES string of the molecule is CCOC(=O)CN(Cc1ccc(OCCc2nc(-c3ccc(C)s3)oc2C)cc1)C(=O)Oc1ccc(OC)cc1. The van der Waals surface area contributed by atoms with Crippen molar-refractivity contribution < 1.29 is 33.0 Å². The Bertz CT molecular complexity index is 1410. The van der Waals surface area contributed by atoms with Crippen molar-refractivity contribution in [2.75, 3.05) is 26.9 Å². The second-order valence-electron chi connectivity index (χ2n) is 8.88. The molecule has 0 spiro atoms. The summed E-state index contributed by atoms with van der Waals surface area (Å²) in [6.45, 7) is 6.22.